The third-order valence-corrected chi connectivity index (χ3v) is 7.19. The van der Waals surface area contributed by atoms with Crippen molar-refractivity contribution in [2.24, 2.45) is 5.92 Å². The van der Waals surface area contributed by atoms with E-state index in [0.29, 0.717) is 12.0 Å². The number of aromatic amines is 1. The minimum Gasteiger partial charge on any atom is -0.374 e. The summed E-state index contributed by atoms with van der Waals surface area (Å²) in [7, 11) is 0. The average Bonchev–Trinajstić information content (AvgIpc) is 3.11. The van der Waals surface area contributed by atoms with Crippen LogP contribution in [0.25, 0.3) is 23.1 Å². The van der Waals surface area contributed by atoms with Crippen molar-refractivity contribution in [1.82, 2.24) is 15.2 Å². The summed E-state index contributed by atoms with van der Waals surface area (Å²) in [5.41, 5.74) is 3.88. The van der Waals surface area contributed by atoms with Crippen molar-refractivity contribution in [3.05, 3.63) is 68.8 Å². The van der Waals surface area contributed by atoms with Gasteiger partial charge >= 0.3 is 0 Å². The standard InChI is InChI=1S/C24H25BrClN3O/c25-17-4-7-19-21(13-17)27-20(8-3-15-1-5-18(26)6-2-15)23(19)24(30)28-22-14-29-11-9-16(22)10-12-29/h1-8,13,16,22,24,27-28,30H,9-12,14H2/b8-3+. The van der Waals surface area contributed by atoms with E-state index >= 15 is 0 Å². The van der Waals surface area contributed by atoms with Crippen molar-refractivity contribution in [2.75, 3.05) is 19.6 Å². The molecule has 2 aromatic carbocycles. The summed E-state index contributed by atoms with van der Waals surface area (Å²) in [5, 5.41) is 16.6. The number of aromatic nitrogens is 1. The van der Waals surface area contributed by atoms with Gasteiger partial charge in [-0.05, 0) is 67.8 Å². The van der Waals surface area contributed by atoms with Crippen LogP contribution in [0.4, 0.5) is 0 Å². The fourth-order valence-corrected chi connectivity index (χ4v) is 5.32. The molecular weight excluding hydrogens is 462 g/mol. The summed E-state index contributed by atoms with van der Waals surface area (Å²) in [4.78, 5) is 5.98. The van der Waals surface area contributed by atoms with E-state index in [9.17, 15) is 5.11 Å². The third kappa shape index (κ3) is 4.10. The molecule has 30 heavy (non-hydrogen) atoms. The molecule has 6 rings (SSSR count). The number of hydrogen-bond donors (Lipinski definition) is 3. The molecule has 3 aliphatic rings. The van der Waals surface area contributed by atoms with E-state index in [-0.39, 0.29) is 0 Å². The normalized spacial score (nSPS) is 24.7. The van der Waals surface area contributed by atoms with Crippen molar-refractivity contribution >= 4 is 50.6 Å². The Morgan fingerprint density at radius 3 is 2.60 bits per heavy atom. The largest absolute Gasteiger partial charge is 0.374 e. The summed E-state index contributed by atoms with van der Waals surface area (Å²) in [6.07, 6.45) is 5.78. The van der Waals surface area contributed by atoms with E-state index in [1.165, 1.54) is 25.9 Å². The molecule has 2 atom stereocenters. The van der Waals surface area contributed by atoms with Crippen molar-refractivity contribution in [3.8, 4) is 0 Å². The maximum Gasteiger partial charge on any atom is 0.134 e. The number of halogens is 2. The molecule has 0 radical (unpaired) electrons. The lowest BCUT2D eigenvalue weighted by Gasteiger charge is -2.45. The molecule has 156 valence electrons. The Kier molecular flexibility index (Phi) is 5.73. The number of aliphatic hydroxyl groups excluding tert-OH is 1. The Hall–Kier alpha value is -1.63. The lowest BCUT2D eigenvalue weighted by molar-refractivity contribution is 0.0313. The Bertz CT molecular complexity index is 1070. The van der Waals surface area contributed by atoms with E-state index in [4.69, 9.17) is 11.6 Å². The van der Waals surface area contributed by atoms with E-state index < -0.39 is 6.23 Å². The molecule has 3 saturated heterocycles. The number of hydrogen-bond acceptors (Lipinski definition) is 3. The average molecular weight is 487 g/mol. The smallest absolute Gasteiger partial charge is 0.134 e. The van der Waals surface area contributed by atoms with Crippen LogP contribution in [0, 0.1) is 5.92 Å². The van der Waals surface area contributed by atoms with Gasteiger partial charge in [0, 0.05) is 44.2 Å². The number of nitrogens with zero attached hydrogens (tertiary/aromatic N) is 1. The third-order valence-electron chi connectivity index (χ3n) is 6.45. The molecule has 0 spiro atoms. The van der Waals surface area contributed by atoms with Gasteiger partial charge in [-0.1, -0.05) is 51.8 Å². The molecule has 0 amide bonds. The molecule has 6 heteroatoms. The van der Waals surface area contributed by atoms with Crippen LogP contribution in [0.1, 0.15) is 35.9 Å². The highest BCUT2D eigenvalue weighted by atomic mass is 79.9. The van der Waals surface area contributed by atoms with E-state index in [1.807, 2.05) is 42.5 Å². The van der Waals surface area contributed by atoms with Gasteiger partial charge in [0.25, 0.3) is 0 Å². The monoisotopic (exact) mass is 485 g/mol. The molecule has 2 bridgehead atoms. The van der Waals surface area contributed by atoms with Gasteiger partial charge in [0.1, 0.15) is 6.23 Å². The zero-order chi connectivity index (χ0) is 20.7. The number of nitrogens with one attached hydrogen (secondary N) is 2. The van der Waals surface area contributed by atoms with Crippen LogP contribution in [-0.4, -0.2) is 40.7 Å². The lowest BCUT2D eigenvalue weighted by Crippen LogP contribution is -2.56. The topological polar surface area (TPSA) is 51.3 Å². The van der Waals surface area contributed by atoms with Gasteiger partial charge in [0.15, 0.2) is 0 Å². The SMILES string of the molecule is OC(NC1CN2CCC1CC2)c1c(/C=C/c2ccc(Cl)cc2)[nH]c2cc(Br)ccc12. The molecule has 4 nitrogen and oxygen atoms in total. The highest BCUT2D eigenvalue weighted by Crippen LogP contribution is 2.33. The maximum absolute atomic E-state index is 11.3. The Morgan fingerprint density at radius 2 is 1.90 bits per heavy atom. The quantitative estimate of drug-likeness (QED) is 0.422. The molecular formula is C24H25BrClN3O. The highest BCUT2D eigenvalue weighted by molar-refractivity contribution is 9.10. The van der Waals surface area contributed by atoms with Crippen LogP contribution >= 0.6 is 27.5 Å². The number of piperidine rings is 3. The Morgan fingerprint density at radius 1 is 1.13 bits per heavy atom. The van der Waals surface area contributed by atoms with Gasteiger partial charge in [0.05, 0.1) is 0 Å². The number of benzene rings is 2. The van der Waals surface area contributed by atoms with Crippen molar-refractivity contribution in [1.29, 1.82) is 0 Å². The summed E-state index contributed by atoms with van der Waals surface area (Å²) in [6.45, 7) is 3.40. The zero-order valence-corrected chi connectivity index (χ0v) is 19.0. The molecule has 3 fully saturated rings. The second-order valence-electron chi connectivity index (χ2n) is 8.34. The second-order valence-corrected chi connectivity index (χ2v) is 9.69. The highest BCUT2D eigenvalue weighted by Gasteiger charge is 2.35. The second kappa shape index (κ2) is 8.48. The van der Waals surface area contributed by atoms with Crippen molar-refractivity contribution in [3.63, 3.8) is 0 Å². The predicted molar refractivity (Wildman–Crippen MR) is 127 cm³/mol. The molecule has 3 N–H and O–H groups in total. The van der Waals surface area contributed by atoms with Gasteiger partial charge < -0.3 is 15.0 Å². The molecule has 2 unspecified atom stereocenters. The molecule has 1 aromatic heterocycles. The van der Waals surface area contributed by atoms with Gasteiger partial charge in [-0.2, -0.15) is 0 Å². The van der Waals surface area contributed by atoms with Gasteiger partial charge in [-0.3, -0.25) is 5.32 Å². The van der Waals surface area contributed by atoms with Gasteiger partial charge in [0.2, 0.25) is 0 Å². The first-order valence-electron chi connectivity index (χ1n) is 10.5. The number of aliphatic hydroxyl groups is 1. The van der Waals surface area contributed by atoms with Crippen LogP contribution in [-0.2, 0) is 0 Å². The van der Waals surface area contributed by atoms with Crippen LogP contribution < -0.4 is 5.32 Å². The molecule has 3 aromatic rings. The summed E-state index contributed by atoms with van der Waals surface area (Å²) >= 11 is 9.56. The van der Waals surface area contributed by atoms with E-state index in [1.54, 1.807) is 0 Å². The van der Waals surface area contributed by atoms with Crippen LogP contribution in [0.2, 0.25) is 5.02 Å². The van der Waals surface area contributed by atoms with Crippen molar-refractivity contribution < 1.29 is 5.11 Å². The van der Waals surface area contributed by atoms with E-state index in [0.717, 1.165) is 43.8 Å². The first-order chi connectivity index (χ1) is 14.6. The molecule has 3 aliphatic heterocycles. The van der Waals surface area contributed by atoms with E-state index in [2.05, 4.69) is 43.3 Å². The minimum absolute atomic E-state index is 0.330. The summed E-state index contributed by atoms with van der Waals surface area (Å²) in [6, 6.07) is 14.2. The maximum atomic E-state index is 11.3. The first-order valence-corrected chi connectivity index (χ1v) is 11.6. The first kappa shape index (κ1) is 20.3. The Labute approximate surface area is 190 Å². The zero-order valence-electron chi connectivity index (χ0n) is 16.6. The van der Waals surface area contributed by atoms with Crippen LogP contribution in [0.15, 0.2) is 46.9 Å². The van der Waals surface area contributed by atoms with Gasteiger partial charge in [-0.15, -0.1) is 0 Å². The summed E-state index contributed by atoms with van der Waals surface area (Å²) < 4.78 is 1.01. The molecule has 4 heterocycles. The van der Waals surface area contributed by atoms with Crippen molar-refractivity contribution in [2.45, 2.75) is 25.1 Å². The number of H-pyrrole nitrogens is 1. The Balaban J connectivity index is 1.47. The van der Waals surface area contributed by atoms with Crippen LogP contribution in [0.3, 0.4) is 0 Å². The summed E-state index contributed by atoms with van der Waals surface area (Å²) in [5.74, 6) is 0.650. The van der Waals surface area contributed by atoms with Crippen LogP contribution in [0.5, 0.6) is 0 Å². The fourth-order valence-electron chi connectivity index (χ4n) is 4.83. The predicted octanol–water partition coefficient (Wildman–Crippen LogP) is 5.43. The fraction of sp³-hybridized carbons (Fsp3) is 0.333. The lowest BCUT2D eigenvalue weighted by atomic mass is 9.84. The van der Waals surface area contributed by atoms with Gasteiger partial charge in [-0.25, -0.2) is 0 Å². The minimum atomic E-state index is -0.727. The number of fused-ring (bicyclic) bond motifs is 4. The molecule has 0 saturated carbocycles. The number of rotatable bonds is 5. The molecule has 0 aliphatic carbocycles.